The zero-order chi connectivity index (χ0) is 20.3. The Morgan fingerprint density at radius 3 is 2.07 bits per heavy atom. The van der Waals surface area contributed by atoms with Gasteiger partial charge in [0.05, 0.1) is 11.9 Å². The van der Waals surface area contributed by atoms with Crippen LogP contribution >= 0.6 is 0 Å². The molecule has 0 bridgehead atoms. The summed E-state index contributed by atoms with van der Waals surface area (Å²) in [7, 11) is 0. The standard InChI is InChI=1S/C26H20N4/c1-18-15-25(19-9-3-2-4-10-19)29-26(28-18)30-27-17-24-22-13-7-5-11-20(22)16-21-12-6-8-14-23(21)24/h2-17H,1H3,(H,28,29,30)/b27-17+. The fourth-order valence-electron chi connectivity index (χ4n) is 3.72. The third-order valence-corrected chi connectivity index (χ3v) is 5.09. The Labute approximate surface area is 174 Å². The summed E-state index contributed by atoms with van der Waals surface area (Å²) in [6, 6.07) is 31.0. The molecule has 5 rings (SSSR count). The summed E-state index contributed by atoms with van der Waals surface area (Å²) in [5.74, 6) is 0.481. The number of nitrogens with zero attached hydrogens (tertiary/aromatic N) is 3. The van der Waals surface area contributed by atoms with Gasteiger partial charge in [-0.2, -0.15) is 5.10 Å². The predicted octanol–water partition coefficient (Wildman–Crippen LogP) is 6.20. The van der Waals surface area contributed by atoms with Gasteiger partial charge in [-0.25, -0.2) is 15.4 Å². The van der Waals surface area contributed by atoms with Gasteiger partial charge in [0.25, 0.3) is 0 Å². The fraction of sp³-hybridized carbons (Fsp3) is 0.0385. The fourth-order valence-corrected chi connectivity index (χ4v) is 3.72. The van der Waals surface area contributed by atoms with Crippen LogP contribution in [-0.2, 0) is 0 Å². The lowest BCUT2D eigenvalue weighted by Gasteiger charge is -2.08. The van der Waals surface area contributed by atoms with Crippen LogP contribution in [-0.4, -0.2) is 16.2 Å². The Hall–Kier alpha value is -4.05. The van der Waals surface area contributed by atoms with E-state index in [1.54, 1.807) is 0 Å². The highest BCUT2D eigenvalue weighted by atomic mass is 15.3. The molecule has 0 aliphatic carbocycles. The summed E-state index contributed by atoms with van der Waals surface area (Å²) >= 11 is 0. The Kier molecular flexibility index (Phi) is 4.66. The molecule has 0 unspecified atom stereocenters. The van der Waals surface area contributed by atoms with Gasteiger partial charge in [0.15, 0.2) is 0 Å². The van der Waals surface area contributed by atoms with E-state index in [2.05, 4.69) is 75.1 Å². The molecule has 0 amide bonds. The van der Waals surface area contributed by atoms with Gasteiger partial charge < -0.3 is 0 Å². The molecule has 0 aliphatic heterocycles. The van der Waals surface area contributed by atoms with E-state index in [-0.39, 0.29) is 0 Å². The van der Waals surface area contributed by atoms with E-state index < -0.39 is 0 Å². The van der Waals surface area contributed by atoms with Gasteiger partial charge in [0, 0.05) is 16.8 Å². The second kappa shape index (κ2) is 7.76. The number of fused-ring (bicyclic) bond motifs is 2. The molecule has 4 heteroatoms. The van der Waals surface area contributed by atoms with Crippen LogP contribution in [0.5, 0.6) is 0 Å². The Balaban J connectivity index is 1.52. The number of hydrogen-bond donors (Lipinski definition) is 1. The molecule has 144 valence electrons. The smallest absolute Gasteiger partial charge is 0.244 e. The first-order chi connectivity index (χ1) is 14.8. The number of hydrogen-bond acceptors (Lipinski definition) is 4. The molecule has 1 aromatic heterocycles. The zero-order valence-electron chi connectivity index (χ0n) is 16.6. The number of benzene rings is 4. The number of nitrogens with one attached hydrogen (secondary N) is 1. The third-order valence-electron chi connectivity index (χ3n) is 5.09. The van der Waals surface area contributed by atoms with Gasteiger partial charge in [0.2, 0.25) is 5.95 Å². The van der Waals surface area contributed by atoms with Gasteiger partial charge >= 0.3 is 0 Å². The molecular weight excluding hydrogens is 368 g/mol. The van der Waals surface area contributed by atoms with Crippen molar-refractivity contribution < 1.29 is 0 Å². The Morgan fingerprint density at radius 2 is 1.37 bits per heavy atom. The molecule has 0 aliphatic rings. The van der Waals surface area contributed by atoms with E-state index in [9.17, 15) is 0 Å². The molecule has 4 aromatic carbocycles. The van der Waals surface area contributed by atoms with Gasteiger partial charge in [0.1, 0.15) is 0 Å². The monoisotopic (exact) mass is 388 g/mol. The predicted molar refractivity (Wildman–Crippen MR) is 125 cm³/mol. The minimum absolute atomic E-state index is 0.481. The molecule has 0 atom stereocenters. The Bertz CT molecular complexity index is 1320. The number of hydrazone groups is 1. The number of aromatic nitrogens is 2. The molecule has 0 saturated heterocycles. The maximum Gasteiger partial charge on any atom is 0.244 e. The SMILES string of the molecule is Cc1cc(-c2ccccc2)nc(N/N=C/c2c3ccccc3cc3ccccc23)n1. The van der Waals surface area contributed by atoms with Crippen molar-refractivity contribution >= 4 is 33.7 Å². The molecule has 0 radical (unpaired) electrons. The van der Waals surface area contributed by atoms with Crippen LogP contribution in [0.1, 0.15) is 11.3 Å². The van der Waals surface area contributed by atoms with Crippen LogP contribution in [0.2, 0.25) is 0 Å². The average Bonchev–Trinajstić information content (AvgIpc) is 2.79. The van der Waals surface area contributed by atoms with E-state index in [4.69, 9.17) is 0 Å². The summed E-state index contributed by atoms with van der Waals surface area (Å²) < 4.78 is 0. The van der Waals surface area contributed by atoms with Crippen molar-refractivity contribution in [2.24, 2.45) is 5.10 Å². The summed E-state index contributed by atoms with van der Waals surface area (Å²) in [6.45, 7) is 1.96. The van der Waals surface area contributed by atoms with Crippen molar-refractivity contribution in [1.29, 1.82) is 0 Å². The van der Waals surface area contributed by atoms with E-state index in [1.807, 2.05) is 49.5 Å². The molecule has 5 aromatic rings. The van der Waals surface area contributed by atoms with E-state index >= 15 is 0 Å². The van der Waals surface area contributed by atoms with Crippen molar-refractivity contribution in [3.63, 3.8) is 0 Å². The van der Waals surface area contributed by atoms with Gasteiger partial charge in [-0.3, -0.25) is 0 Å². The van der Waals surface area contributed by atoms with Crippen molar-refractivity contribution in [2.45, 2.75) is 6.92 Å². The van der Waals surface area contributed by atoms with Crippen molar-refractivity contribution in [1.82, 2.24) is 9.97 Å². The molecule has 1 heterocycles. The first-order valence-electron chi connectivity index (χ1n) is 9.88. The zero-order valence-corrected chi connectivity index (χ0v) is 16.6. The number of anilines is 1. The normalized spacial score (nSPS) is 11.4. The lowest BCUT2D eigenvalue weighted by Crippen LogP contribution is -2.00. The minimum Gasteiger partial charge on any atom is -0.245 e. The second-order valence-corrected chi connectivity index (χ2v) is 7.19. The minimum atomic E-state index is 0.481. The number of rotatable bonds is 4. The van der Waals surface area contributed by atoms with E-state index in [1.165, 1.54) is 10.8 Å². The third kappa shape index (κ3) is 3.51. The average molecular weight is 388 g/mol. The highest BCUT2D eigenvalue weighted by Crippen LogP contribution is 2.27. The molecule has 0 spiro atoms. The summed E-state index contributed by atoms with van der Waals surface area (Å²) in [5.41, 5.74) is 6.91. The molecule has 1 N–H and O–H groups in total. The molecule has 0 saturated carbocycles. The maximum atomic E-state index is 4.62. The van der Waals surface area contributed by atoms with Gasteiger partial charge in [-0.15, -0.1) is 0 Å². The molecular formula is C26H20N4. The lowest BCUT2D eigenvalue weighted by molar-refractivity contribution is 1.08. The van der Waals surface area contributed by atoms with Crippen molar-refractivity contribution in [2.75, 3.05) is 5.43 Å². The van der Waals surface area contributed by atoms with Crippen LogP contribution in [0.3, 0.4) is 0 Å². The van der Waals surface area contributed by atoms with Gasteiger partial charge in [-0.05, 0) is 40.6 Å². The van der Waals surface area contributed by atoms with E-state index in [0.717, 1.165) is 33.3 Å². The van der Waals surface area contributed by atoms with Crippen LogP contribution in [0.15, 0.2) is 96.1 Å². The van der Waals surface area contributed by atoms with Crippen LogP contribution in [0, 0.1) is 6.92 Å². The summed E-state index contributed by atoms with van der Waals surface area (Å²) in [5, 5.41) is 9.20. The summed E-state index contributed by atoms with van der Waals surface area (Å²) in [4.78, 5) is 9.10. The molecule has 4 nitrogen and oxygen atoms in total. The highest BCUT2D eigenvalue weighted by molar-refractivity contribution is 6.13. The largest absolute Gasteiger partial charge is 0.245 e. The van der Waals surface area contributed by atoms with Crippen LogP contribution < -0.4 is 5.43 Å². The lowest BCUT2D eigenvalue weighted by atomic mass is 9.97. The van der Waals surface area contributed by atoms with Crippen molar-refractivity contribution in [3.05, 3.63) is 102 Å². The van der Waals surface area contributed by atoms with Crippen molar-refractivity contribution in [3.8, 4) is 11.3 Å². The quantitative estimate of drug-likeness (QED) is 0.226. The van der Waals surface area contributed by atoms with Crippen LogP contribution in [0.25, 0.3) is 32.8 Å². The highest BCUT2D eigenvalue weighted by Gasteiger charge is 2.06. The Morgan fingerprint density at radius 1 is 0.733 bits per heavy atom. The van der Waals surface area contributed by atoms with Gasteiger partial charge in [-0.1, -0.05) is 78.9 Å². The summed E-state index contributed by atoms with van der Waals surface area (Å²) in [6.07, 6.45) is 1.86. The number of aryl methyl sites for hydroxylation is 1. The van der Waals surface area contributed by atoms with E-state index in [0.29, 0.717) is 5.95 Å². The second-order valence-electron chi connectivity index (χ2n) is 7.19. The first-order valence-corrected chi connectivity index (χ1v) is 9.88. The topological polar surface area (TPSA) is 50.2 Å². The first kappa shape index (κ1) is 18.0. The molecule has 30 heavy (non-hydrogen) atoms. The molecule has 0 fully saturated rings. The van der Waals surface area contributed by atoms with Crippen LogP contribution in [0.4, 0.5) is 5.95 Å². The maximum absolute atomic E-state index is 4.62.